The summed E-state index contributed by atoms with van der Waals surface area (Å²) in [5, 5.41) is 0. The first-order chi connectivity index (χ1) is 8.00. The molecule has 5 heteroatoms. The predicted molar refractivity (Wildman–Crippen MR) is 62.5 cm³/mol. The lowest BCUT2D eigenvalue weighted by Gasteiger charge is -2.27. The maximum atomic E-state index is 13.1. The summed E-state index contributed by atoms with van der Waals surface area (Å²) in [6.45, 7) is 3.82. The van der Waals surface area contributed by atoms with Gasteiger partial charge in [0.05, 0.1) is 5.69 Å². The van der Waals surface area contributed by atoms with E-state index in [0.717, 1.165) is 0 Å². The van der Waals surface area contributed by atoms with Gasteiger partial charge in [0, 0.05) is 12.1 Å². The van der Waals surface area contributed by atoms with Gasteiger partial charge in [-0.2, -0.15) is 0 Å². The molecule has 0 spiro atoms. The number of anilines is 1. The van der Waals surface area contributed by atoms with E-state index in [-0.39, 0.29) is 18.6 Å². The SMILES string of the molecule is CC(C)N1C(=O)C(N)COc2cc(F)ccc21. The highest BCUT2D eigenvalue weighted by atomic mass is 19.1. The molecular formula is C12H15FN2O2. The van der Waals surface area contributed by atoms with Gasteiger partial charge in [-0.25, -0.2) is 4.39 Å². The topological polar surface area (TPSA) is 55.6 Å². The van der Waals surface area contributed by atoms with E-state index in [1.807, 2.05) is 13.8 Å². The molecule has 2 rings (SSSR count). The molecule has 0 radical (unpaired) electrons. The number of benzene rings is 1. The van der Waals surface area contributed by atoms with Crippen LogP contribution >= 0.6 is 0 Å². The second-order valence-corrected chi connectivity index (χ2v) is 4.33. The molecule has 1 aromatic carbocycles. The van der Waals surface area contributed by atoms with E-state index >= 15 is 0 Å². The maximum absolute atomic E-state index is 13.1. The molecule has 0 saturated carbocycles. The lowest BCUT2D eigenvalue weighted by Crippen LogP contribution is -2.48. The van der Waals surface area contributed by atoms with Crippen molar-refractivity contribution < 1.29 is 13.9 Å². The average Bonchev–Trinajstić information content (AvgIpc) is 2.38. The predicted octanol–water partition coefficient (Wildman–Crippen LogP) is 1.29. The second kappa shape index (κ2) is 4.33. The van der Waals surface area contributed by atoms with Crippen molar-refractivity contribution >= 4 is 11.6 Å². The van der Waals surface area contributed by atoms with E-state index in [9.17, 15) is 9.18 Å². The quantitative estimate of drug-likeness (QED) is 0.802. The molecule has 0 fully saturated rings. The molecule has 0 aliphatic carbocycles. The molecule has 4 nitrogen and oxygen atoms in total. The van der Waals surface area contributed by atoms with E-state index in [4.69, 9.17) is 10.5 Å². The van der Waals surface area contributed by atoms with Crippen LogP contribution in [0.5, 0.6) is 5.75 Å². The highest BCUT2D eigenvalue weighted by Crippen LogP contribution is 2.33. The van der Waals surface area contributed by atoms with Crippen molar-refractivity contribution in [3.8, 4) is 5.75 Å². The Labute approximate surface area is 99.2 Å². The molecule has 1 aromatic rings. The minimum absolute atomic E-state index is 0.0561. The third-order valence-corrected chi connectivity index (χ3v) is 2.67. The standard InChI is InChI=1S/C12H15FN2O2/c1-7(2)15-10-4-3-8(13)5-11(10)17-6-9(14)12(15)16/h3-5,7,9H,6,14H2,1-2H3. The number of carbonyl (C=O) groups excluding carboxylic acids is 1. The first-order valence-electron chi connectivity index (χ1n) is 5.51. The molecule has 1 heterocycles. The third-order valence-electron chi connectivity index (χ3n) is 2.67. The summed E-state index contributed by atoms with van der Waals surface area (Å²) in [5.41, 5.74) is 6.28. The lowest BCUT2D eigenvalue weighted by molar-refractivity contribution is -0.120. The molecule has 1 amide bonds. The number of amides is 1. The molecule has 1 atom stereocenters. The summed E-state index contributed by atoms with van der Waals surface area (Å²) in [6, 6.07) is 3.35. The van der Waals surface area contributed by atoms with Crippen LogP contribution in [0, 0.1) is 5.82 Å². The minimum Gasteiger partial charge on any atom is -0.489 e. The van der Waals surface area contributed by atoms with Gasteiger partial charge in [-0.1, -0.05) is 0 Å². The molecule has 0 aromatic heterocycles. The van der Waals surface area contributed by atoms with Crippen molar-refractivity contribution in [1.29, 1.82) is 0 Å². The Morgan fingerprint density at radius 1 is 1.53 bits per heavy atom. The number of halogens is 1. The zero-order chi connectivity index (χ0) is 12.6. The summed E-state index contributed by atoms with van der Waals surface area (Å²) in [4.78, 5) is 13.6. The molecule has 1 aliphatic rings. The Morgan fingerprint density at radius 3 is 2.88 bits per heavy atom. The van der Waals surface area contributed by atoms with Gasteiger partial charge in [0.2, 0.25) is 5.91 Å². The van der Waals surface area contributed by atoms with Gasteiger partial charge < -0.3 is 15.4 Å². The number of rotatable bonds is 1. The monoisotopic (exact) mass is 238 g/mol. The Bertz CT molecular complexity index is 448. The van der Waals surface area contributed by atoms with Gasteiger partial charge in [0.15, 0.2) is 0 Å². The van der Waals surface area contributed by atoms with E-state index in [1.54, 1.807) is 11.0 Å². The lowest BCUT2D eigenvalue weighted by atomic mass is 10.2. The van der Waals surface area contributed by atoms with Crippen LogP contribution in [0.2, 0.25) is 0 Å². The van der Waals surface area contributed by atoms with Gasteiger partial charge >= 0.3 is 0 Å². The van der Waals surface area contributed by atoms with Crippen molar-refractivity contribution in [2.45, 2.75) is 25.9 Å². The Balaban J connectivity index is 2.52. The van der Waals surface area contributed by atoms with Crippen LogP contribution in [0.25, 0.3) is 0 Å². The smallest absolute Gasteiger partial charge is 0.247 e. The Kier molecular flexibility index (Phi) is 3.02. The number of nitrogens with two attached hydrogens (primary N) is 1. The number of carbonyl (C=O) groups is 1. The highest BCUT2D eigenvalue weighted by Gasteiger charge is 2.30. The van der Waals surface area contributed by atoms with Crippen molar-refractivity contribution in [2.24, 2.45) is 5.73 Å². The third kappa shape index (κ3) is 2.10. The van der Waals surface area contributed by atoms with E-state index < -0.39 is 11.9 Å². The fraction of sp³-hybridized carbons (Fsp3) is 0.417. The van der Waals surface area contributed by atoms with Crippen LogP contribution in [-0.4, -0.2) is 24.6 Å². The zero-order valence-corrected chi connectivity index (χ0v) is 9.81. The van der Waals surface area contributed by atoms with Crippen LogP contribution in [0.1, 0.15) is 13.8 Å². The minimum atomic E-state index is -0.715. The van der Waals surface area contributed by atoms with Crippen LogP contribution in [0.15, 0.2) is 18.2 Å². The van der Waals surface area contributed by atoms with Crippen LogP contribution in [-0.2, 0) is 4.79 Å². The van der Waals surface area contributed by atoms with Gasteiger partial charge in [-0.05, 0) is 26.0 Å². The fourth-order valence-electron chi connectivity index (χ4n) is 1.88. The summed E-state index contributed by atoms with van der Waals surface area (Å²) in [6.07, 6.45) is 0. The largest absolute Gasteiger partial charge is 0.489 e. The molecule has 0 saturated heterocycles. The van der Waals surface area contributed by atoms with E-state index in [1.165, 1.54) is 12.1 Å². The van der Waals surface area contributed by atoms with Crippen molar-refractivity contribution in [3.63, 3.8) is 0 Å². The average molecular weight is 238 g/mol. The number of hydrogen-bond donors (Lipinski definition) is 1. The van der Waals surface area contributed by atoms with Gasteiger partial charge in [-0.3, -0.25) is 4.79 Å². The number of ether oxygens (including phenoxy) is 1. The maximum Gasteiger partial charge on any atom is 0.247 e. The van der Waals surface area contributed by atoms with Crippen molar-refractivity contribution in [2.75, 3.05) is 11.5 Å². The summed E-state index contributed by atoms with van der Waals surface area (Å²) < 4.78 is 18.5. The summed E-state index contributed by atoms with van der Waals surface area (Å²) >= 11 is 0. The first kappa shape index (κ1) is 11.9. The molecule has 2 N–H and O–H groups in total. The number of nitrogens with zero attached hydrogens (tertiary/aromatic N) is 1. The molecule has 17 heavy (non-hydrogen) atoms. The highest BCUT2D eigenvalue weighted by molar-refractivity contribution is 5.99. The molecule has 92 valence electrons. The summed E-state index contributed by atoms with van der Waals surface area (Å²) in [5.74, 6) is -0.235. The molecule has 0 bridgehead atoms. The van der Waals surface area contributed by atoms with Crippen LogP contribution < -0.4 is 15.4 Å². The molecule has 1 aliphatic heterocycles. The van der Waals surface area contributed by atoms with Gasteiger partial charge in [0.1, 0.15) is 24.2 Å². The van der Waals surface area contributed by atoms with E-state index in [2.05, 4.69) is 0 Å². The Morgan fingerprint density at radius 2 is 2.24 bits per heavy atom. The van der Waals surface area contributed by atoms with Crippen LogP contribution in [0.3, 0.4) is 0 Å². The number of fused-ring (bicyclic) bond motifs is 1. The van der Waals surface area contributed by atoms with Crippen molar-refractivity contribution in [3.05, 3.63) is 24.0 Å². The zero-order valence-electron chi connectivity index (χ0n) is 9.81. The van der Waals surface area contributed by atoms with Gasteiger partial charge in [-0.15, -0.1) is 0 Å². The molecular weight excluding hydrogens is 223 g/mol. The van der Waals surface area contributed by atoms with Gasteiger partial charge in [0.25, 0.3) is 0 Å². The first-order valence-corrected chi connectivity index (χ1v) is 5.51. The van der Waals surface area contributed by atoms with E-state index in [0.29, 0.717) is 11.4 Å². The fourth-order valence-corrected chi connectivity index (χ4v) is 1.88. The van der Waals surface area contributed by atoms with Crippen molar-refractivity contribution in [1.82, 2.24) is 0 Å². The Hall–Kier alpha value is -1.62. The van der Waals surface area contributed by atoms with Crippen LogP contribution in [0.4, 0.5) is 10.1 Å². The normalized spacial score (nSPS) is 19.9. The molecule has 1 unspecified atom stereocenters. The second-order valence-electron chi connectivity index (χ2n) is 4.33. The number of hydrogen-bond acceptors (Lipinski definition) is 3. The summed E-state index contributed by atoms with van der Waals surface area (Å²) in [7, 11) is 0.